The fourth-order valence-corrected chi connectivity index (χ4v) is 1.74. The van der Waals surface area contributed by atoms with Crippen LogP contribution in [0.5, 0.6) is 0 Å². The Morgan fingerprint density at radius 2 is 2.18 bits per heavy atom. The van der Waals surface area contributed by atoms with Crippen LogP contribution in [-0.4, -0.2) is 15.7 Å². The molecular formula is C12H18N4O. The fourth-order valence-electron chi connectivity index (χ4n) is 1.74. The van der Waals surface area contributed by atoms with Crippen molar-refractivity contribution in [2.45, 2.75) is 33.6 Å². The molecule has 0 saturated carbocycles. The van der Waals surface area contributed by atoms with E-state index in [1.165, 1.54) is 0 Å². The molecule has 1 rings (SSSR count). The highest BCUT2D eigenvalue weighted by Gasteiger charge is 2.35. The molecule has 0 unspecified atom stereocenters. The molecule has 1 amide bonds. The maximum atomic E-state index is 12.1. The van der Waals surface area contributed by atoms with Crippen LogP contribution in [-0.2, 0) is 11.8 Å². The maximum absolute atomic E-state index is 12.1. The molecule has 0 aromatic carbocycles. The monoisotopic (exact) mass is 234 g/mol. The van der Waals surface area contributed by atoms with E-state index >= 15 is 0 Å². The minimum atomic E-state index is -0.946. The average Bonchev–Trinajstić information content (AvgIpc) is 2.61. The molecule has 5 heteroatoms. The van der Waals surface area contributed by atoms with Gasteiger partial charge in [-0.25, -0.2) is 0 Å². The van der Waals surface area contributed by atoms with Crippen LogP contribution >= 0.6 is 0 Å². The molecular weight excluding hydrogens is 216 g/mol. The number of anilines is 1. The summed E-state index contributed by atoms with van der Waals surface area (Å²) in [5.41, 5.74) is -0.114. The van der Waals surface area contributed by atoms with Crippen molar-refractivity contribution in [1.29, 1.82) is 5.26 Å². The van der Waals surface area contributed by atoms with Crippen molar-refractivity contribution in [3.05, 3.63) is 11.8 Å². The van der Waals surface area contributed by atoms with Gasteiger partial charge in [-0.05, 0) is 19.8 Å². The number of nitriles is 1. The summed E-state index contributed by atoms with van der Waals surface area (Å²) in [5, 5.41) is 16.1. The van der Waals surface area contributed by atoms with Gasteiger partial charge in [0.05, 0.1) is 11.8 Å². The molecule has 1 aromatic rings. The normalized spacial score (nSPS) is 11.0. The molecule has 92 valence electrons. The van der Waals surface area contributed by atoms with E-state index < -0.39 is 5.41 Å². The third kappa shape index (κ3) is 2.47. The predicted molar refractivity (Wildman–Crippen MR) is 65.2 cm³/mol. The maximum Gasteiger partial charge on any atom is 0.245 e. The molecule has 0 radical (unpaired) electrons. The topological polar surface area (TPSA) is 70.7 Å². The number of rotatable bonds is 4. The molecule has 1 heterocycles. The van der Waals surface area contributed by atoms with Crippen molar-refractivity contribution in [1.82, 2.24) is 9.78 Å². The van der Waals surface area contributed by atoms with E-state index in [0.29, 0.717) is 18.7 Å². The van der Waals surface area contributed by atoms with Crippen LogP contribution in [0.1, 0.15) is 32.4 Å². The highest BCUT2D eigenvalue weighted by molar-refractivity contribution is 5.96. The van der Waals surface area contributed by atoms with Gasteiger partial charge in [-0.2, -0.15) is 10.4 Å². The van der Waals surface area contributed by atoms with Crippen molar-refractivity contribution in [3.8, 4) is 6.07 Å². The first-order chi connectivity index (χ1) is 7.99. The SMILES string of the molecule is CCC(C#N)(CC)C(=O)Nc1cc(C)nn1C. The second-order valence-corrected chi connectivity index (χ2v) is 4.15. The third-order valence-corrected chi connectivity index (χ3v) is 3.10. The number of amides is 1. The van der Waals surface area contributed by atoms with Crippen molar-refractivity contribution in [3.63, 3.8) is 0 Å². The number of carbonyl (C=O) groups is 1. The smallest absolute Gasteiger partial charge is 0.245 e. The van der Waals surface area contributed by atoms with Crippen molar-refractivity contribution in [2.75, 3.05) is 5.32 Å². The van der Waals surface area contributed by atoms with E-state index in [2.05, 4.69) is 16.5 Å². The standard InChI is InChI=1S/C12H18N4O/c1-5-12(6-2,8-13)11(17)14-10-7-9(3)15-16(10)4/h7H,5-6H2,1-4H3,(H,14,17). The van der Waals surface area contributed by atoms with E-state index in [0.717, 1.165) is 5.69 Å². The molecule has 5 nitrogen and oxygen atoms in total. The summed E-state index contributed by atoms with van der Waals surface area (Å²) in [5.74, 6) is 0.363. The Morgan fingerprint density at radius 3 is 2.53 bits per heavy atom. The summed E-state index contributed by atoms with van der Waals surface area (Å²) in [7, 11) is 1.76. The summed E-state index contributed by atoms with van der Waals surface area (Å²) in [4.78, 5) is 12.1. The first-order valence-electron chi connectivity index (χ1n) is 5.72. The second kappa shape index (κ2) is 5.00. The Hall–Kier alpha value is -1.83. The van der Waals surface area contributed by atoms with E-state index in [-0.39, 0.29) is 5.91 Å². The van der Waals surface area contributed by atoms with Crippen LogP contribution in [0.2, 0.25) is 0 Å². The lowest BCUT2D eigenvalue weighted by atomic mass is 9.83. The molecule has 0 bridgehead atoms. The first-order valence-corrected chi connectivity index (χ1v) is 5.72. The molecule has 0 saturated heterocycles. The van der Waals surface area contributed by atoms with Gasteiger partial charge >= 0.3 is 0 Å². The Balaban J connectivity index is 2.93. The highest BCUT2D eigenvalue weighted by Crippen LogP contribution is 2.27. The lowest BCUT2D eigenvalue weighted by molar-refractivity contribution is -0.123. The molecule has 0 atom stereocenters. The Kier molecular flexibility index (Phi) is 3.89. The minimum absolute atomic E-state index is 0.256. The van der Waals surface area contributed by atoms with Gasteiger partial charge in [-0.15, -0.1) is 0 Å². The number of carbonyl (C=O) groups excluding carboxylic acids is 1. The summed E-state index contributed by atoms with van der Waals surface area (Å²) < 4.78 is 1.60. The zero-order valence-corrected chi connectivity index (χ0v) is 10.7. The first kappa shape index (κ1) is 13.2. The number of hydrogen-bond donors (Lipinski definition) is 1. The summed E-state index contributed by atoms with van der Waals surface area (Å²) >= 11 is 0. The summed E-state index contributed by atoms with van der Waals surface area (Å²) in [6.45, 7) is 5.55. The minimum Gasteiger partial charge on any atom is -0.310 e. The molecule has 1 aromatic heterocycles. The molecule has 0 aliphatic rings. The zero-order valence-electron chi connectivity index (χ0n) is 10.7. The van der Waals surface area contributed by atoms with Crippen LogP contribution < -0.4 is 5.32 Å². The van der Waals surface area contributed by atoms with Gasteiger partial charge in [0.15, 0.2) is 0 Å². The molecule has 0 aliphatic carbocycles. The third-order valence-electron chi connectivity index (χ3n) is 3.10. The molecule has 0 spiro atoms. The number of hydrogen-bond acceptors (Lipinski definition) is 3. The van der Waals surface area contributed by atoms with Crippen LogP contribution in [0, 0.1) is 23.7 Å². The Labute approximate surface area is 101 Å². The predicted octanol–water partition coefficient (Wildman–Crippen LogP) is 2.00. The van der Waals surface area contributed by atoms with Gasteiger partial charge in [-0.1, -0.05) is 13.8 Å². The second-order valence-electron chi connectivity index (χ2n) is 4.15. The number of aryl methyl sites for hydroxylation is 2. The van der Waals surface area contributed by atoms with E-state index in [1.807, 2.05) is 20.8 Å². The Bertz CT molecular complexity index is 452. The summed E-state index contributed by atoms with van der Waals surface area (Å²) in [6.07, 6.45) is 1.01. The quantitative estimate of drug-likeness (QED) is 0.866. The lowest BCUT2D eigenvalue weighted by Crippen LogP contribution is -2.34. The van der Waals surface area contributed by atoms with Crippen LogP contribution in [0.4, 0.5) is 5.82 Å². The van der Waals surface area contributed by atoms with Gasteiger partial charge in [0, 0.05) is 13.1 Å². The lowest BCUT2D eigenvalue weighted by Gasteiger charge is -2.21. The van der Waals surface area contributed by atoms with E-state index in [4.69, 9.17) is 5.26 Å². The zero-order chi connectivity index (χ0) is 13.1. The highest BCUT2D eigenvalue weighted by atomic mass is 16.2. The van der Waals surface area contributed by atoms with Gasteiger partial charge in [0.25, 0.3) is 0 Å². The van der Waals surface area contributed by atoms with Gasteiger partial charge in [-0.3, -0.25) is 9.48 Å². The van der Waals surface area contributed by atoms with Crippen LogP contribution in [0.15, 0.2) is 6.07 Å². The van der Waals surface area contributed by atoms with Crippen molar-refractivity contribution in [2.24, 2.45) is 12.5 Å². The van der Waals surface area contributed by atoms with Gasteiger partial charge in [0.2, 0.25) is 5.91 Å². The Morgan fingerprint density at radius 1 is 1.59 bits per heavy atom. The van der Waals surface area contributed by atoms with Crippen molar-refractivity contribution >= 4 is 11.7 Å². The number of nitrogens with zero attached hydrogens (tertiary/aromatic N) is 3. The van der Waals surface area contributed by atoms with Gasteiger partial charge < -0.3 is 5.32 Å². The van der Waals surface area contributed by atoms with Crippen molar-refractivity contribution < 1.29 is 4.79 Å². The number of aromatic nitrogens is 2. The molecule has 0 fully saturated rings. The molecule has 1 N–H and O–H groups in total. The largest absolute Gasteiger partial charge is 0.310 e. The molecule has 0 aliphatic heterocycles. The van der Waals surface area contributed by atoms with Crippen LogP contribution in [0.25, 0.3) is 0 Å². The van der Waals surface area contributed by atoms with Crippen LogP contribution in [0.3, 0.4) is 0 Å². The fraction of sp³-hybridized carbons (Fsp3) is 0.583. The van der Waals surface area contributed by atoms with Gasteiger partial charge in [0.1, 0.15) is 11.2 Å². The van der Waals surface area contributed by atoms with E-state index in [9.17, 15) is 4.79 Å². The summed E-state index contributed by atoms with van der Waals surface area (Å²) in [6, 6.07) is 3.90. The number of nitrogens with one attached hydrogen (secondary N) is 1. The van der Waals surface area contributed by atoms with E-state index in [1.54, 1.807) is 17.8 Å². The average molecular weight is 234 g/mol. The molecule has 17 heavy (non-hydrogen) atoms.